The third-order valence-corrected chi connectivity index (χ3v) is 3.27. The molecule has 8 heteroatoms. The van der Waals surface area contributed by atoms with E-state index in [9.17, 15) is 9.90 Å². The maximum absolute atomic E-state index is 11.7. The topological polar surface area (TPSA) is 87.9 Å². The number of hydrogen-bond acceptors (Lipinski definition) is 4. The van der Waals surface area contributed by atoms with Crippen molar-refractivity contribution in [2.75, 3.05) is 18.9 Å². The lowest BCUT2D eigenvalue weighted by Crippen LogP contribution is -2.34. The summed E-state index contributed by atoms with van der Waals surface area (Å²) in [6.07, 6.45) is -0.501. The molecule has 7 nitrogen and oxygen atoms in total. The van der Waals surface area contributed by atoms with Crippen LogP contribution in [0.3, 0.4) is 0 Å². The van der Waals surface area contributed by atoms with Crippen molar-refractivity contribution in [2.45, 2.75) is 53.7 Å². The molecular weight excluding hydrogens is 356 g/mol. The maximum Gasteiger partial charge on any atom is 0.407 e. The van der Waals surface area contributed by atoms with E-state index in [4.69, 9.17) is 16.3 Å². The predicted octanol–water partition coefficient (Wildman–Crippen LogP) is 4.51. The Labute approximate surface area is 161 Å². The summed E-state index contributed by atoms with van der Waals surface area (Å²) in [5, 5.41) is 15.6. The molecule has 3 N–H and O–H groups in total. The molecule has 1 aromatic heterocycles. The van der Waals surface area contributed by atoms with Crippen molar-refractivity contribution in [3.8, 4) is 0 Å². The molecular formula is C18H31ClN4O3. The SMILES string of the molecule is C=C(O)c1cc(C)c(NC(Cl)=NC)n1CCNC(=O)OC(C)(C)C.CC. The number of nitrogens with zero attached hydrogens (tertiary/aromatic N) is 2. The van der Waals surface area contributed by atoms with Gasteiger partial charge in [0.1, 0.15) is 17.2 Å². The average molecular weight is 387 g/mol. The summed E-state index contributed by atoms with van der Waals surface area (Å²) in [6, 6.07) is 1.78. The van der Waals surface area contributed by atoms with Gasteiger partial charge in [0, 0.05) is 20.1 Å². The second-order valence-corrected chi connectivity index (χ2v) is 6.59. The molecule has 0 atom stereocenters. The monoisotopic (exact) mass is 386 g/mol. The zero-order valence-corrected chi connectivity index (χ0v) is 17.5. The molecule has 1 amide bonds. The van der Waals surface area contributed by atoms with E-state index in [1.165, 1.54) is 0 Å². The second-order valence-electron chi connectivity index (χ2n) is 6.23. The fourth-order valence-corrected chi connectivity index (χ4v) is 2.15. The minimum atomic E-state index is -0.559. The molecule has 0 radical (unpaired) electrons. The predicted molar refractivity (Wildman–Crippen MR) is 109 cm³/mol. The number of aliphatic imine (C=N–C) groups is 1. The van der Waals surface area contributed by atoms with E-state index in [1.54, 1.807) is 38.5 Å². The van der Waals surface area contributed by atoms with Gasteiger partial charge in [0.2, 0.25) is 0 Å². The first-order valence-corrected chi connectivity index (χ1v) is 8.87. The standard InChI is InChI=1S/C16H25ClN4O3.C2H6/c1-10-9-12(11(2)22)21(13(10)20-14(17)18-6)8-7-19-15(23)24-16(3,4)5;1-2/h9,22H,2,7-8H2,1,3-6H3,(H,18,20)(H,19,23);1-2H3. The number of nitrogens with one attached hydrogen (secondary N) is 2. The summed E-state index contributed by atoms with van der Waals surface area (Å²) in [7, 11) is 1.56. The number of ether oxygens (including phenoxy) is 1. The van der Waals surface area contributed by atoms with Gasteiger partial charge in [0.25, 0.3) is 0 Å². The molecule has 0 aliphatic heterocycles. The van der Waals surface area contributed by atoms with Crippen LogP contribution in [0.4, 0.5) is 10.6 Å². The normalized spacial score (nSPS) is 11.3. The number of amides is 1. The zero-order chi connectivity index (χ0) is 20.5. The fraction of sp³-hybridized carbons (Fsp3) is 0.556. The van der Waals surface area contributed by atoms with Crippen molar-refractivity contribution in [1.82, 2.24) is 9.88 Å². The van der Waals surface area contributed by atoms with Crippen molar-refractivity contribution in [1.29, 1.82) is 0 Å². The Morgan fingerprint density at radius 2 is 2.00 bits per heavy atom. The maximum atomic E-state index is 11.7. The molecule has 1 heterocycles. The Kier molecular flexibility index (Phi) is 9.86. The van der Waals surface area contributed by atoms with Gasteiger partial charge in [-0.25, -0.2) is 4.79 Å². The molecule has 0 aliphatic rings. The number of aromatic nitrogens is 1. The highest BCUT2D eigenvalue weighted by atomic mass is 35.5. The van der Waals surface area contributed by atoms with Gasteiger partial charge >= 0.3 is 6.09 Å². The van der Waals surface area contributed by atoms with E-state index in [-0.39, 0.29) is 11.1 Å². The highest BCUT2D eigenvalue weighted by Crippen LogP contribution is 2.25. The number of anilines is 1. The molecule has 0 saturated carbocycles. The van der Waals surface area contributed by atoms with Crippen LogP contribution in [-0.2, 0) is 11.3 Å². The van der Waals surface area contributed by atoms with Crippen molar-refractivity contribution in [3.05, 3.63) is 23.9 Å². The number of aliphatic hydroxyl groups is 1. The van der Waals surface area contributed by atoms with E-state index >= 15 is 0 Å². The molecule has 0 bridgehead atoms. The molecule has 0 spiro atoms. The van der Waals surface area contributed by atoms with Crippen LogP contribution in [0, 0.1) is 6.92 Å². The summed E-state index contributed by atoms with van der Waals surface area (Å²) in [6.45, 7) is 15.5. The van der Waals surface area contributed by atoms with Crippen LogP contribution in [0.2, 0.25) is 0 Å². The van der Waals surface area contributed by atoms with Crippen molar-refractivity contribution < 1.29 is 14.6 Å². The molecule has 148 valence electrons. The van der Waals surface area contributed by atoms with E-state index < -0.39 is 11.7 Å². The highest BCUT2D eigenvalue weighted by molar-refractivity contribution is 6.67. The van der Waals surface area contributed by atoms with Crippen LogP contribution in [0.5, 0.6) is 0 Å². The highest BCUT2D eigenvalue weighted by Gasteiger charge is 2.18. The lowest BCUT2D eigenvalue weighted by Gasteiger charge is -2.20. The van der Waals surface area contributed by atoms with Gasteiger partial charge in [-0.05, 0) is 50.9 Å². The lowest BCUT2D eigenvalue weighted by atomic mass is 10.2. The van der Waals surface area contributed by atoms with Crippen LogP contribution in [0.25, 0.3) is 5.76 Å². The quantitative estimate of drug-likeness (QED) is 0.300. The number of aliphatic hydroxyl groups excluding tert-OH is 1. The first-order chi connectivity index (χ1) is 12.0. The van der Waals surface area contributed by atoms with Crippen LogP contribution >= 0.6 is 11.6 Å². The first kappa shape index (κ1) is 23.9. The van der Waals surface area contributed by atoms with Gasteiger partial charge in [-0.15, -0.1) is 0 Å². The summed E-state index contributed by atoms with van der Waals surface area (Å²) >= 11 is 5.94. The van der Waals surface area contributed by atoms with Gasteiger partial charge in [0.05, 0.1) is 5.69 Å². The Morgan fingerprint density at radius 1 is 1.42 bits per heavy atom. The molecule has 1 aromatic rings. The zero-order valence-electron chi connectivity index (χ0n) is 16.7. The Hall–Kier alpha value is -2.15. The third kappa shape index (κ3) is 7.82. The number of aryl methyl sites for hydroxylation is 1. The third-order valence-electron chi connectivity index (χ3n) is 3.00. The van der Waals surface area contributed by atoms with Crippen molar-refractivity contribution in [3.63, 3.8) is 0 Å². The molecule has 0 aromatic carbocycles. The number of halogens is 1. The second kappa shape index (κ2) is 10.8. The molecule has 26 heavy (non-hydrogen) atoms. The molecule has 0 saturated heterocycles. The first-order valence-electron chi connectivity index (χ1n) is 8.49. The van der Waals surface area contributed by atoms with Crippen LogP contribution in [0.1, 0.15) is 45.9 Å². The lowest BCUT2D eigenvalue weighted by molar-refractivity contribution is 0.0526. The van der Waals surface area contributed by atoms with Gasteiger partial charge in [-0.3, -0.25) is 4.99 Å². The number of rotatable bonds is 5. The summed E-state index contributed by atoms with van der Waals surface area (Å²) in [4.78, 5) is 15.6. The Bertz CT molecular complexity index is 646. The Balaban J connectivity index is 0.00000301. The van der Waals surface area contributed by atoms with Gasteiger partial charge in [0.15, 0.2) is 5.29 Å². The van der Waals surface area contributed by atoms with Gasteiger partial charge < -0.3 is 25.0 Å². The minimum Gasteiger partial charge on any atom is -0.506 e. The summed E-state index contributed by atoms with van der Waals surface area (Å²) < 4.78 is 6.96. The number of hydrogen-bond donors (Lipinski definition) is 3. The molecule has 0 unspecified atom stereocenters. The number of alkyl carbamates (subject to hydrolysis) is 1. The summed E-state index contributed by atoms with van der Waals surface area (Å²) in [5.41, 5.74) is 0.831. The van der Waals surface area contributed by atoms with E-state index in [2.05, 4.69) is 22.2 Å². The van der Waals surface area contributed by atoms with Crippen molar-refractivity contribution >= 4 is 34.6 Å². The van der Waals surface area contributed by atoms with Crippen LogP contribution in [0.15, 0.2) is 17.6 Å². The minimum absolute atomic E-state index is 0.0759. The fourth-order valence-electron chi connectivity index (χ4n) is 2.06. The van der Waals surface area contributed by atoms with E-state index in [1.807, 2.05) is 20.8 Å². The van der Waals surface area contributed by atoms with Gasteiger partial charge in [-0.2, -0.15) is 0 Å². The number of carbonyl (C=O) groups is 1. The largest absolute Gasteiger partial charge is 0.506 e. The van der Waals surface area contributed by atoms with Crippen LogP contribution < -0.4 is 10.6 Å². The van der Waals surface area contributed by atoms with Crippen molar-refractivity contribution in [2.24, 2.45) is 4.99 Å². The smallest absolute Gasteiger partial charge is 0.407 e. The van der Waals surface area contributed by atoms with E-state index in [0.717, 1.165) is 5.56 Å². The summed E-state index contributed by atoms with van der Waals surface area (Å²) in [5.74, 6) is 0.592. The number of amidine groups is 1. The van der Waals surface area contributed by atoms with Crippen LogP contribution in [-0.4, -0.2) is 40.3 Å². The number of carbonyl (C=O) groups excluding carboxylic acids is 1. The Morgan fingerprint density at radius 3 is 2.46 bits per heavy atom. The molecule has 0 fully saturated rings. The van der Waals surface area contributed by atoms with Gasteiger partial charge in [-0.1, -0.05) is 20.4 Å². The van der Waals surface area contributed by atoms with E-state index in [0.29, 0.717) is 24.6 Å². The average Bonchev–Trinajstić information content (AvgIpc) is 2.84. The molecule has 0 aliphatic carbocycles. The molecule has 1 rings (SSSR count).